The molecular weight excluding hydrogens is 380 g/mol. The molecule has 0 radical (unpaired) electrons. The molecule has 8 heteroatoms. The van der Waals surface area contributed by atoms with Crippen molar-refractivity contribution in [3.63, 3.8) is 0 Å². The Morgan fingerprint density at radius 3 is 1.17 bits per heavy atom. The highest BCUT2D eigenvalue weighted by atomic mass is 16.6. The summed E-state index contributed by atoms with van der Waals surface area (Å²) in [5.41, 5.74) is 0. The molecule has 4 unspecified atom stereocenters. The third kappa shape index (κ3) is 10.0. The topological polar surface area (TPSA) is 95.8 Å². The number of hydrogen-bond acceptors (Lipinski definition) is 8. The Balaban J connectivity index is 1.42. The first-order valence-electron chi connectivity index (χ1n) is 11.0. The van der Waals surface area contributed by atoms with E-state index < -0.39 is 0 Å². The lowest BCUT2D eigenvalue weighted by molar-refractivity contribution is -0.00826. The predicted molar refractivity (Wildman–Crippen MR) is 107 cm³/mol. The van der Waals surface area contributed by atoms with Gasteiger partial charge in [-0.05, 0) is 42.9 Å². The molecule has 0 saturated heterocycles. The van der Waals surface area contributed by atoms with Crippen molar-refractivity contribution in [3.8, 4) is 0 Å². The molecule has 0 amide bonds. The van der Waals surface area contributed by atoms with Crippen molar-refractivity contribution in [2.24, 2.45) is 23.7 Å². The van der Waals surface area contributed by atoms with Crippen molar-refractivity contribution >= 4 is 0 Å². The second-order valence-electron chi connectivity index (χ2n) is 7.71. The van der Waals surface area contributed by atoms with Crippen LogP contribution in [-0.2, 0) is 28.4 Å². The molecule has 29 heavy (non-hydrogen) atoms. The summed E-state index contributed by atoms with van der Waals surface area (Å²) in [6.07, 6.45) is 3.84. The SMILES string of the molecule is OCCOCCOCCOCC1CC(COCCOCCOCCO)C2CCC12. The van der Waals surface area contributed by atoms with Gasteiger partial charge < -0.3 is 38.6 Å². The van der Waals surface area contributed by atoms with Crippen LogP contribution in [0, 0.1) is 23.7 Å². The zero-order chi connectivity index (χ0) is 20.6. The van der Waals surface area contributed by atoms with Gasteiger partial charge in [0.2, 0.25) is 0 Å². The highest BCUT2D eigenvalue weighted by Crippen LogP contribution is 2.53. The van der Waals surface area contributed by atoms with Crippen molar-refractivity contribution in [1.29, 1.82) is 0 Å². The van der Waals surface area contributed by atoms with Crippen LogP contribution >= 0.6 is 0 Å². The van der Waals surface area contributed by atoms with Crippen LogP contribution in [0.5, 0.6) is 0 Å². The van der Waals surface area contributed by atoms with Gasteiger partial charge in [-0.2, -0.15) is 0 Å². The van der Waals surface area contributed by atoms with E-state index in [0.29, 0.717) is 77.9 Å². The number of hydrogen-bond donors (Lipinski definition) is 2. The second kappa shape index (κ2) is 16.4. The van der Waals surface area contributed by atoms with Crippen LogP contribution in [0.4, 0.5) is 0 Å². The van der Waals surface area contributed by atoms with E-state index in [1.807, 2.05) is 0 Å². The molecule has 2 saturated carbocycles. The van der Waals surface area contributed by atoms with Crippen LogP contribution in [0.1, 0.15) is 19.3 Å². The molecule has 0 aromatic carbocycles. The first-order valence-corrected chi connectivity index (χ1v) is 11.0. The molecular formula is C21H40O8. The Bertz CT molecular complexity index is 350. The Kier molecular flexibility index (Phi) is 14.1. The number of aliphatic hydroxyl groups excluding tert-OH is 2. The quantitative estimate of drug-likeness (QED) is 0.278. The van der Waals surface area contributed by atoms with Gasteiger partial charge in [-0.25, -0.2) is 0 Å². The molecule has 4 atom stereocenters. The van der Waals surface area contributed by atoms with E-state index in [9.17, 15) is 0 Å². The Labute approximate surface area is 174 Å². The third-order valence-electron chi connectivity index (χ3n) is 5.82. The standard InChI is InChI=1S/C21H40O8/c22-3-5-24-7-9-26-11-13-28-16-18-15-19(21-2-1-20(18)21)17-29-14-12-27-10-8-25-6-4-23/h18-23H,1-17H2. The van der Waals surface area contributed by atoms with Gasteiger partial charge in [0.1, 0.15) is 0 Å². The van der Waals surface area contributed by atoms with E-state index in [4.69, 9.17) is 38.6 Å². The number of rotatable bonds is 20. The largest absolute Gasteiger partial charge is 0.394 e. The van der Waals surface area contributed by atoms with E-state index in [0.717, 1.165) is 25.0 Å². The normalized spacial score (nSPS) is 25.9. The maximum atomic E-state index is 8.61. The fourth-order valence-electron chi connectivity index (χ4n) is 4.32. The Hall–Kier alpha value is -0.320. The summed E-state index contributed by atoms with van der Waals surface area (Å²) in [5, 5.41) is 17.2. The predicted octanol–water partition coefficient (Wildman–Crippen LogP) is 0.733. The third-order valence-corrected chi connectivity index (χ3v) is 5.82. The van der Waals surface area contributed by atoms with Gasteiger partial charge in [-0.1, -0.05) is 0 Å². The molecule has 2 aliphatic carbocycles. The molecule has 2 aliphatic rings. The summed E-state index contributed by atoms with van der Waals surface area (Å²) in [6, 6.07) is 0. The molecule has 172 valence electrons. The van der Waals surface area contributed by atoms with Crippen molar-refractivity contribution in [3.05, 3.63) is 0 Å². The summed E-state index contributed by atoms with van der Waals surface area (Å²) in [7, 11) is 0. The molecule has 8 nitrogen and oxygen atoms in total. The fourth-order valence-corrected chi connectivity index (χ4v) is 4.32. The van der Waals surface area contributed by atoms with Gasteiger partial charge >= 0.3 is 0 Å². The number of aliphatic hydroxyl groups is 2. The van der Waals surface area contributed by atoms with Gasteiger partial charge in [-0.3, -0.25) is 0 Å². The molecule has 0 spiro atoms. The lowest BCUT2D eigenvalue weighted by Gasteiger charge is -2.36. The monoisotopic (exact) mass is 420 g/mol. The minimum atomic E-state index is 0.0496. The number of ether oxygens (including phenoxy) is 6. The summed E-state index contributed by atoms with van der Waals surface area (Å²) in [4.78, 5) is 0. The summed E-state index contributed by atoms with van der Waals surface area (Å²) in [5.74, 6) is 2.90. The average Bonchev–Trinajstić information content (AvgIpc) is 2.93. The minimum Gasteiger partial charge on any atom is -0.394 e. The maximum Gasteiger partial charge on any atom is 0.0701 e. The molecule has 0 heterocycles. The lowest BCUT2D eigenvalue weighted by Crippen LogP contribution is -2.31. The Morgan fingerprint density at radius 2 is 0.828 bits per heavy atom. The van der Waals surface area contributed by atoms with Crippen LogP contribution in [0.3, 0.4) is 0 Å². The summed E-state index contributed by atoms with van der Waals surface area (Å²) >= 11 is 0. The van der Waals surface area contributed by atoms with E-state index in [-0.39, 0.29) is 13.2 Å². The highest BCUT2D eigenvalue weighted by molar-refractivity contribution is 4.97. The average molecular weight is 421 g/mol. The summed E-state index contributed by atoms with van der Waals surface area (Å²) < 4.78 is 32.9. The van der Waals surface area contributed by atoms with Crippen molar-refractivity contribution in [1.82, 2.24) is 0 Å². The van der Waals surface area contributed by atoms with E-state index in [1.165, 1.54) is 19.3 Å². The zero-order valence-corrected chi connectivity index (χ0v) is 17.7. The van der Waals surface area contributed by atoms with Crippen LogP contribution in [0.15, 0.2) is 0 Å². The van der Waals surface area contributed by atoms with Gasteiger partial charge in [0, 0.05) is 13.2 Å². The van der Waals surface area contributed by atoms with Crippen LogP contribution in [0.2, 0.25) is 0 Å². The van der Waals surface area contributed by atoms with E-state index in [2.05, 4.69) is 0 Å². The summed E-state index contributed by atoms with van der Waals surface area (Å²) in [6.45, 7) is 6.97. The molecule has 0 aromatic rings. The van der Waals surface area contributed by atoms with Crippen molar-refractivity contribution in [2.75, 3.05) is 92.5 Å². The van der Waals surface area contributed by atoms with Gasteiger partial charge in [0.15, 0.2) is 0 Å². The fraction of sp³-hybridized carbons (Fsp3) is 1.00. The molecule has 0 aromatic heterocycles. The second-order valence-corrected chi connectivity index (χ2v) is 7.71. The van der Waals surface area contributed by atoms with Crippen molar-refractivity contribution in [2.45, 2.75) is 19.3 Å². The minimum absolute atomic E-state index is 0.0496. The van der Waals surface area contributed by atoms with Gasteiger partial charge in [-0.15, -0.1) is 0 Å². The zero-order valence-electron chi connectivity index (χ0n) is 17.7. The molecule has 0 bridgehead atoms. The van der Waals surface area contributed by atoms with Crippen LogP contribution in [0.25, 0.3) is 0 Å². The molecule has 0 aliphatic heterocycles. The molecule has 2 fully saturated rings. The first-order chi connectivity index (χ1) is 14.4. The van der Waals surface area contributed by atoms with Gasteiger partial charge in [0.25, 0.3) is 0 Å². The van der Waals surface area contributed by atoms with E-state index in [1.54, 1.807) is 0 Å². The van der Waals surface area contributed by atoms with Crippen LogP contribution in [-0.4, -0.2) is 103 Å². The first kappa shape index (κ1) is 24.9. The van der Waals surface area contributed by atoms with Crippen molar-refractivity contribution < 1.29 is 38.6 Å². The number of fused-ring (bicyclic) bond motifs is 1. The lowest BCUT2D eigenvalue weighted by atomic mass is 9.70. The Morgan fingerprint density at radius 1 is 0.483 bits per heavy atom. The van der Waals surface area contributed by atoms with E-state index >= 15 is 0 Å². The van der Waals surface area contributed by atoms with Crippen LogP contribution < -0.4 is 0 Å². The highest BCUT2D eigenvalue weighted by Gasteiger charge is 2.48. The smallest absolute Gasteiger partial charge is 0.0701 e. The maximum absolute atomic E-state index is 8.61. The van der Waals surface area contributed by atoms with Gasteiger partial charge in [0.05, 0.1) is 79.3 Å². The molecule has 2 rings (SSSR count). The molecule has 2 N–H and O–H groups in total.